The number of ether oxygens (including phenoxy) is 1. The lowest BCUT2D eigenvalue weighted by atomic mass is 10.2. The van der Waals surface area contributed by atoms with Crippen LogP contribution in [0.1, 0.15) is 37.7 Å². The Kier molecular flexibility index (Phi) is 9.18. The van der Waals surface area contributed by atoms with Crippen molar-refractivity contribution in [1.29, 1.82) is 0 Å². The van der Waals surface area contributed by atoms with Crippen molar-refractivity contribution in [2.24, 2.45) is 0 Å². The summed E-state index contributed by atoms with van der Waals surface area (Å²) in [5.41, 5.74) is 0.609. The quantitative estimate of drug-likeness (QED) is 0.659. The first-order chi connectivity index (χ1) is 11.0. The summed E-state index contributed by atoms with van der Waals surface area (Å²) < 4.78 is 39.3. The first kappa shape index (κ1) is 19.3. The molecule has 1 saturated heterocycles. The van der Waals surface area contributed by atoms with Crippen molar-refractivity contribution in [1.82, 2.24) is 5.32 Å². The third-order valence-electron chi connectivity index (χ3n) is 2.99. The number of rotatable bonds is 3. The van der Waals surface area contributed by atoms with Gasteiger partial charge in [-0.05, 0) is 56.6 Å². The fraction of sp³-hybridized carbons (Fsp3) is 0.529. The van der Waals surface area contributed by atoms with E-state index in [0.29, 0.717) is 18.4 Å². The van der Waals surface area contributed by atoms with E-state index in [9.17, 15) is 13.2 Å². The standard InChI is InChI=1S/C12H11F3O2.C5H11N/c13-12(14,15)17-11-7-5-10(6-8-11)4-2-1-3-9-16;1-2-4-6-5-3-1/h5-8,16H,1,3,9H2;6H,1-5H2. The van der Waals surface area contributed by atoms with Crippen LogP contribution in [0.15, 0.2) is 24.3 Å². The summed E-state index contributed by atoms with van der Waals surface area (Å²) in [6, 6.07) is 5.33. The number of hydrogen-bond acceptors (Lipinski definition) is 3. The predicted molar refractivity (Wildman–Crippen MR) is 83.0 cm³/mol. The number of benzene rings is 1. The van der Waals surface area contributed by atoms with Crippen LogP contribution in [0.3, 0.4) is 0 Å². The Morgan fingerprint density at radius 2 is 1.74 bits per heavy atom. The Morgan fingerprint density at radius 3 is 2.17 bits per heavy atom. The molecular weight excluding hydrogens is 307 g/mol. The third kappa shape index (κ3) is 10.6. The average molecular weight is 329 g/mol. The Morgan fingerprint density at radius 1 is 1.09 bits per heavy atom. The van der Waals surface area contributed by atoms with E-state index in [1.54, 1.807) is 0 Å². The van der Waals surface area contributed by atoms with Gasteiger partial charge in [-0.3, -0.25) is 0 Å². The largest absolute Gasteiger partial charge is 0.573 e. The molecular formula is C17H22F3NO2. The number of nitrogens with one attached hydrogen (secondary N) is 1. The van der Waals surface area contributed by atoms with Crippen LogP contribution in [-0.4, -0.2) is 31.2 Å². The summed E-state index contributed by atoms with van der Waals surface area (Å²) in [4.78, 5) is 0. The van der Waals surface area contributed by atoms with Gasteiger partial charge in [0.2, 0.25) is 0 Å². The molecule has 23 heavy (non-hydrogen) atoms. The van der Waals surface area contributed by atoms with Crippen LogP contribution in [0, 0.1) is 11.8 Å². The number of aliphatic hydroxyl groups excluding tert-OH is 1. The molecule has 0 saturated carbocycles. The lowest BCUT2D eigenvalue weighted by molar-refractivity contribution is -0.274. The van der Waals surface area contributed by atoms with Gasteiger partial charge in [0, 0.05) is 18.6 Å². The second-order valence-electron chi connectivity index (χ2n) is 5.01. The van der Waals surface area contributed by atoms with Crippen molar-refractivity contribution >= 4 is 0 Å². The highest BCUT2D eigenvalue weighted by atomic mass is 19.4. The van der Waals surface area contributed by atoms with Crippen LogP contribution in [-0.2, 0) is 0 Å². The molecule has 0 radical (unpaired) electrons. The van der Waals surface area contributed by atoms with Crippen LogP contribution in [0.2, 0.25) is 0 Å². The third-order valence-corrected chi connectivity index (χ3v) is 2.99. The van der Waals surface area contributed by atoms with Crippen molar-refractivity contribution in [2.75, 3.05) is 19.7 Å². The van der Waals surface area contributed by atoms with Gasteiger partial charge in [-0.15, -0.1) is 13.2 Å². The van der Waals surface area contributed by atoms with E-state index in [1.807, 2.05) is 0 Å². The molecule has 0 unspecified atom stereocenters. The fourth-order valence-corrected chi connectivity index (χ4v) is 1.87. The van der Waals surface area contributed by atoms with Gasteiger partial charge < -0.3 is 15.2 Å². The maximum atomic E-state index is 11.9. The number of unbranched alkanes of at least 4 members (excludes halogenated alkanes) is 1. The lowest BCUT2D eigenvalue weighted by Crippen LogP contribution is -2.21. The minimum Gasteiger partial charge on any atom is -0.406 e. The van der Waals surface area contributed by atoms with E-state index in [1.165, 1.54) is 56.6 Å². The van der Waals surface area contributed by atoms with Gasteiger partial charge in [-0.2, -0.15) is 0 Å². The van der Waals surface area contributed by atoms with Gasteiger partial charge in [0.15, 0.2) is 0 Å². The molecule has 0 spiro atoms. The molecule has 0 aliphatic carbocycles. The first-order valence-electron chi connectivity index (χ1n) is 7.67. The van der Waals surface area contributed by atoms with Gasteiger partial charge in [0.05, 0.1) is 0 Å². The Labute approximate surface area is 134 Å². The SMILES string of the molecule is C1CCNCC1.OCCCC#Cc1ccc(OC(F)(F)F)cc1. The lowest BCUT2D eigenvalue weighted by Gasteiger charge is -2.08. The minimum absolute atomic E-state index is 0.0764. The van der Waals surface area contributed by atoms with Crippen LogP contribution in [0.5, 0.6) is 5.75 Å². The van der Waals surface area contributed by atoms with Crippen molar-refractivity contribution in [3.8, 4) is 17.6 Å². The van der Waals surface area contributed by atoms with E-state index in [-0.39, 0.29) is 12.4 Å². The topological polar surface area (TPSA) is 41.5 Å². The molecule has 0 atom stereocenters. The molecule has 2 N–H and O–H groups in total. The van der Waals surface area contributed by atoms with E-state index in [0.717, 1.165) is 0 Å². The average Bonchev–Trinajstić information content (AvgIpc) is 2.54. The predicted octanol–water partition coefficient (Wildman–Crippen LogP) is 3.47. The maximum absolute atomic E-state index is 11.9. The van der Waals surface area contributed by atoms with E-state index in [4.69, 9.17) is 5.11 Å². The van der Waals surface area contributed by atoms with Gasteiger partial charge in [-0.25, -0.2) is 0 Å². The van der Waals surface area contributed by atoms with Gasteiger partial charge in [0.1, 0.15) is 5.75 Å². The highest BCUT2D eigenvalue weighted by Gasteiger charge is 2.30. The van der Waals surface area contributed by atoms with Crippen molar-refractivity contribution in [3.63, 3.8) is 0 Å². The highest BCUT2D eigenvalue weighted by molar-refractivity contribution is 5.38. The molecule has 1 fully saturated rings. The summed E-state index contributed by atoms with van der Waals surface area (Å²) >= 11 is 0. The van der Waals surface area contributed by atoms with Crippen LogP contribution >= 0.6 is 0 Å². The normalized spacial score (nSPS) is 14.1. The Bertz CT molecular complexity index is 474. The first-order valence-corrected chi connectivity index (χ1v) is 7.67. The smallest absolute Gasteiger partial charge is 0.406 e. The number of alkyl halides is 3. The minimum atomic E-state index is -4.67. The van der Waals surface area contributed by atoms with E-state index < -0.39 is 6.36 Å². The zero-order valence-electron chi connectivity index (χ0n) is 13.0. The summed E-state index contributed by atoms with van der Waals surface area (Å²) in [5.74, 6) is 5.30. The summed E-state index contributed by atoms with van der Waals surface area (Å²) in [6.45, 7) is 2.58. The maximum Gasteiger partial charge on any atom is 0.573 e. The number of hydrogen-bond donors (Lipinski definition) is 2. The monoisotopic (exact) mass is 329 g/mol. The molecule has 0 amide bonds. The van der Waals surface area contributed by atoms with Gasteiger partial charge in [0.25, 0.3) is 0 Å². The molecule has 128 valence electrons. The highest BCUT2D eigenvalue weighted by Crippen LogP contribution is 2.22. The molecule has 0 bridgehead atoms. The molecule has 6 heteroatoms. The number of piperidine rings is 1. The fourth-order valence-electron chi connectivity index (χ4n) is 1.87. The zero-order chi connectivity index (χ0) is 17.0. The Balaban J connectivity index is 0.000000366. The molecule has 1 aliphatic heterocycles. The second kappa shape index (κ2) is 10.9. The summed E-state index contributed by atoms with van der Waals surface area (Å²) in [5, 5.41) is 11.8. The molecule has 1 aliphatic rings. The van der Waals surface area contributed by atoms with Crippen LogP contribution in [0.4, 0.5) is 13.2 Å². The van der Waals surface area contributed by atoms with Crippen molar-refractivity contribution in [3.05, 3.63) is 29.8 Å². The molecule has 1 aromatic rings. The number of halogens is 3. The Hall–Kier alpha value is -1.71. The van der Waals surface area contributed by atoms with Gasteiger partial charge in [-0.1, -0.05) is 18.3 Å². The van der Waals surface area contributed by atoms with Gasteiger partial charge >= 0.3 is 6.36 Å². The second-order valence-corrected chi connectivity index (χ2v) is 5.01. The van der Waals surface area contributed by atoms with Crippen LogP contribution < -0.4 is 10.1 Å². The molecule has 1 aromatic carbocycles. The summed E-state index contributed by atoms with van der Waals surface area (Å²) in [6.07, 6.45) is 0.681. The zero-order valence-corrected chi connectivity index (χ0v) is 13.0. The summed E-state index contributed by atoms with van der Waals surface area (Å²) in [7, 11) is 0. The molecule has 1 heterocycles. The van der Waals surface area contributed by atoms with E-state index >= 15 is 0 Å². The number of aliphatic hydroxyl groups is 1. The van der Waals surface area contributed by atoms with Crippen molar-refractivity contribution in [2.45, 2.75) is 38.5 Å². The van der Waals surface area contributed by atoms with Crippen LogP contribution in [0.25, 0.3) is 0 Å². The molecule has 3 nitrogen and oxygen atoms in total. The van der Waals surface area contributed by atoms with Crippen molar-refractivity contribution < 1.29 is 23.0 Å². The molecule has 0 aromatic heterocycles. The molecule has 2 rings (SSSR count). The van der Waals surface area contributed by atoms with E-state index in [2.05, 4.69) is 21.9 Å².